The van der Waals surface area contributed by atoms with Crippen molar-refractivity contribution in [1.29, 1.82) is 0 Å². The topological polar surface area (TPSA) is 52.3 Å². The molecule has 1 aromatic carbocycles. The van der Waals surface area contributed by atoms with Crippen molar-refractivity contribution >= 4 is 5.78 Å². The van der Waals surface area contributed by atoms with Crippen LogP contribution in [0.15, 0.2) is 24.3 Å². The molecule has 0 spiro atoms. The van der Waals surface area contributed by atoms with Gasteiger partial charge in [0.05, 0.1) is 6.61 Å². The lowest BCUT2D eigenvalue weighted by Crippen LogP contribution is -2.37. The molecule has 0 radical (unpaired) electrons. The number of carbonyl (C=O) groups excluding carboxylic acids is 1. The van der Waals surface area contributed by atoms with Gasteiger partial charge in [0.15, 0.2) is 5.78 Å². The molecule has 1 aromatic rings. The van der Waals surface area contributed by atoms with Gasteiger partial charge in [-0.15, -0.1) is 0 Å². The Morgan fingerprint density at radius 3 is 2.16 bits per heavy atom. The van der Waals surface area contributed by atoms with Crippen LogP contribution in [0.1, 0.15) is 50.4 Å². The molecule has 2 N–H and O–H groups in total. The Hall–Kier alpha value is -1.35. The zero-order valence-corrected chi connectivity index (χ0v) is 12.2. The van der Waals surface area contributed by atoms with Crippen molar-refractivity contribution in [2.75, 3.05) is 13.2 Å². The van der Waals surface area contributed by atoms with Gasteiger partial charge in [0.2, 0.25) is 0 Å². The number of benzene rings is 1. The van der Waals surface area contributed by atoms with E-state index in [4.69, 9.17) is 10.5 Å². The number of hydrogen-bond acceptors (Lipinski definition) is 3. The van der Waals surface area contributed by atoms with Gasteiger partial charge in [-0.2, -0.15) is 0 Å². The average Bonchev–Trinajstić information content (AvgIpc) is 2.48. The number of Topliss-reactive ketones (excluding diaryl/α,β-unsaturated/α-hetero) is 1. The zero-order chi connectivity index (χ0) is 14.3. The van der Waals surface area contributed by atoms with Crippen LogP contribution >= 0.6 is 0 Å². The number of ketones is 1. The maximum Gasteiger partial charge on any atom is 0.170 e. The summed E-state index contributed by atoms with van der Waals surface area (Å²) < 4.78 is 5.52. The number of hydrogen-bond donors (Lipinski definition) is 1. The van der Waals surface area contributed by atoms with Crippen molar-refractivity contribution in [3.8, 4) is 5.75 Å². The van der Waals surface area contributed by atoms with E-state index in [1.807, 2.05) is 38.1 Å². The molecule has 1 rings (SSSR count). The SMILES string of the molecule is CCCOc1ccc(C(=O)C(CC)(CC)CN)cc1. The van der Waals surface area contributed by atoms with Gasteiger partial charge >= 0.3 is 0 Å². The minimum absolute atomic E-state index is 0.141. The fourth-order valence-corrected chi connectivity index (χ4v) is 2.18. The third-order valence-electron chi connectivity index (χ3n) is 3.82. The highest BCUT2D eigenvalue weighted by Crippen LogP contribution is 2.30. The van der Waals surface area contributed by atoms with E-state index >= 15 is 0 Å². The van der Waals surface area contributed by atoms with Gasteiger partial charge in [-0.1, -0.05) is 20.8 Å². The second-order valence-electron chi connectivity index (χ2n) is 4.89. The molecule has 0 aliphatic heterocycles. The molecule has 0 heterocycles. The molecule has 0 bridgehead atoms. The lowest BCUT2D eigenvalue weighted by Gasteiger charge is -2.28. The predicted molar refractivity (Wildman–Crippen MR) is 78.6 cm³/mol. The summed E-state index contributed by atoms with van der Waals surface area (Å²) >= 11 is 0. The highest BCUT2D eigenvalue weighted by Gasteiger charge is 2.33. The second kappa shape index (κ2) is 7.29. The molecule has 0 saturated heterocycles. The Labute approximate surface area is 116 Å². The van der Waals surface area contributed by atoms with Crippen molar-refractivity contribution in [1.82, 2.24) is 0 Å². The molecule has 0 atom stereocenters. The quantitative estimate of drug-likeness (QED) is 0.731. The largest absolute Gasteiger partial charge is 0.494 e. The molecule has 19 heavy (non-hydrogen) atoms. The van der Waals surface area contributed by atoms with Gasteiger partial charge < -0.3 is 10.5 Å². The summed E-state index contributed by atoms with van der Waals surface area (Å²) in [5, 5.41) is 0. The molecule has 3 nitrogen and oxygen atoms in total. The van der Waals surface area contributed by atoms with Crippen LogP contribution in [0.5, 0.6) is 5.75 Å². The molecular weight excluding hydrogens is 238 g/mol. The summed E-state index contributed by atoms with van der Waals surface area (Å²) in [4.78, 5) is 12.6. The average molecular weight is 263 g/mol. The minimum atomic E-state index is -0.425. The van der Waals surface area contributed by atoms with E-state index in [1.54, 1.807) is 0 Å². The van der Waals surface area contributed by atoms with E-state index in [0.29, 0.717) is 13.2 Å². The van der Waals surface area contributed by atoms with Crippen molar-refractivity contribution in [3.63, 3.8) is 0 Å². The van der Waals surface area contributed by atoms with Crippen LogP contribution in [-0.2, 0) is 0 Å². The third kappa shape index (κ3) is 3.57. The van der Waals surface area contributed by atoms with Gasteiger partial charge in [0.25, 0.3) is 0 Å². The van der Waals surface area contributed by atoms with Gasteiger partial charge in [-0.05, 0) is 43.5 Å². The summed E-state index contributed by atoms with van der Waals surface area (Å²) in [6.45, 7) is 7.20. The Morgan fingerprint density at radius 1 is 1.16 bits per heavy atom. The van der Waals surface area contributed by atoms with E-state index in [0.717, 1.165) is 30.6 Å². The first-order chi connectivity index (χ1) is 9.13. The number of carbonyl (C=O) groups is 1. The van der Waals surface area contributed by atoms with Crippen LogP contribution in [-0.4, -0.2) is 18.9 Å². The molecule has 0 aromatic heterocycles. The van der Waals surface area contributed by atoms with Crippen molar-refractivity contribution in [2.24, 2.45) is 11.1 Å². The fraction of sp³-hybridized carbons (Fsp3) is 0.562. The van der Waals surface area contributed by atoms with E-state index in [2.05, 4.69) is 6.92 Å². The Kier molecular flexibility index (Phi) is 6.03. The lowest BCUT2D eigenvalue weighted by molar-refractivity contribution is 0.0787. The molecular formula is C16H25NO2. The van der Waals surface area contributed by atoms with E-state index in [-0.39, 0.29) is 5.78 Å². The highest BCUT2D eigenvalue weighted by atomic mass is 16.5. The Morgan fingerprint density at radius 2 is 1.74 bits per heavy atom. The van der Waals surface area contributed by atoms with Crippen LogP contribution in [0.2, 0.25) is 0 Å². The van der Waals surface area contributed by atoms with Gasteiger partial charge in [-0.25, -0.2) is 0 Å². The predicted octanol–water partition coefficient (Wildman–Crippen LogP) is 3.42. The Balaban J connectivity index is 2.88. The second-order valence-corrected chi connectivity index (χ2v) is 4.89. The zero-order valence-electron chi connectivity index (χ0n) is 12.2. The maximum absolute atomic E-state index is 12.6. The Bertz CT molecular complexity index is 385. The summed E-state index contributed by atoms with van der Waals surface area (Å²) in [7, 11) is 0. The smallest absolute Gasteiger partial charge is 0.170 e. The van der Waals surface area contributed by atoms with Crippen LogP contribution in [0, 0.1) is 5.41 Å². The summed E-state index contributed by atoms with van der Waals surface area (Å²) in [5.74, 6) is 0.951. The van der Waals surface area contributed by atoms with E-state index in [1.165, 1.54) is 0 Å². The lowest BCUT2D eigenvalue weighted by atomic mass is 9.76. The normalized spacial score (nSPS) is 11.4. The first-order valence-electron chi connectivity index (χ1n) is 7.11. The minimum Gasteiger partial charge on any atom is -0.494 e. The maximum atomic E-state index is 12.6. The van der Waals surface area contributed by atoms with Gasteiger partial charge in [0, 0.05) is 17.5 Å². The van der Waals surface area contributed by atoms with Crippen LogP contribution < -0.4 is 10.5 Å². The van der Waals surface area contributed by atoms with Crippen molar-refractivity contribution in [2.45, 2.75) is 40.0 Å². The molecule has 0 unspecified atom stereocenters. The van der Waals surface area contributed by atoms with Gasteiger partial charge in [0.1, 0.15) is 5.75 Å². The standard InChI is InChI=1S/C16H25NO2/c1-4-11-19-14-9-7-13(8-10-14)15(18)16(5-2,6-3)12-17/h7-10H,4-6,11-12,17H2,1-3H3. The number of rotatable bonds is 8. The highest BCUT2D eigenvalue weighted by molar-refractivity contribution is 6.00. The molecule has 106 valence electrons. The van der Waals surface area contributed by atoms with E-state index in [9.17, 15) is 4.79 Å². The van der Waals surface area contributed by atoms with E-state index < -0.39 is 5.41 Å². The molecule has 0 aliphatic rings. The van der Waals surface area contributed by atoms with Crippen LogP contribution in [0.3, 0.4) is 0 Å². The van der Waals surface area contributed by atoms with Gasteiger partial charge in [-0.3, -0.25) is 4.79 Å². The number of ether oxygens (including phenoxy) is 1. The first-order valence-corrected chi connectivity index (χ1v) is 7.11. The summed E-state index contributed by atoms with van der Waals surface area (Å²) in [5.41, 5.74) is 6.11. The summed E-state index contributed by atoms with van der Waals surface area (Å²) in [6, 6.07) is 7.39. The molecule has 0 fully saturated rings. The fourth-order valence-electron chi connectivity index (χ4n) is 2.18. The molecule has 3 heteroatoms. The molecule has 0 saturated carbocycles. The van der Waals surface area contributed by atoms with Crippen molar-refractivity contribution in [3.05, 3.63) is 29.8 Å². The monoisotopic (exact) mass is 263 g/mol. The summed E-state index contributed by atoms with van der Waals surface area (Å²) in [6.07, 6.45) is 2.52. The van der Waals surface area contributed by atoms with Crippen molar-refractivity contribution < 1.29 is 9.53 Å². The van der Waals surface area contributed by atoms with Crippen LogP contribution in [0.25, 0.3) is 0 Å². The first kappa shape index (κ1) is 15.7. The third-order valence-corrected chi connectivity index (χ3v) is 3.82. The molecule has 0 aliphatic carbocycles. The molecule has 0 amide bonds. The number of nitrogens with two attached hydrogens (primary N) is 1. The van der Waals surface area contributed by atoms with Crippen LogP contribution in [0.4, 0.5) is 0 Å².